The smallest absolute Gasteiger partial charge is 0.340 e. The van der Waals surface area contributed by atoms with Gasteiger partial charge in [-0.1, -0.05) is 0 Å². The summed E-state index contributed by atoms with van der Waals surface area (Å²) in [6.45, 7) is 1.54. The van der Waals surface area contributed by atoms with Crippen molar-refractivity contribution < 1.29 is 24.0 Å². The Morgan fingerprint density at radius 3 is 2.40 bits per heavy atom. The highest BCUT2D eigenvalue weighted by Crippen LogP contribution is 2.24. The molecule has 2 rings (SSSR count). The molecule has 0 aliphatic rings. The Hall–Kier alpha value is -3.42. The van der Waals surface area contributed by atoms with E-state index in [1.807, 2.05) is 0 Å². The molecule has 1 N–H and O–H groups in total. The van der Waals surface area contributed by atoms with Crippen LogP contribution < -0.4 is 10.1 Å². The molecule has 25 heavy (non-hydrogen) atoms. The molecule has 2 aromatic carbocycles. The first-order valence-corrected chi connectivity index (χ1v) is 7.20. The number of amides is 1. The van der Waals surface area contributed by atoms with E-state index < -0.39 is 16.8 Å². The number of hydrogen-bond donors (Lipinski definition) is 1. The molecular formula is C17H16N2O6. The third-order valence-electron chi connectivity index (χ3n) is 3.54. The van der Waals surface area contributed by atoms with Gasteiger partial charge in [0.25, 0.3) is 11.6 Å². The fraction of sp³-hybridized carbons (Fsp3) is 0.176. The van der Waals surface area contributed by atoms with Crippen molar-refractivity contribution >= 4 is 23.3 Å². The minimum atomic E-state index is -0.630. The maximum absolute atomic E-state index is 12.4. The third kappa shape index (κ3) is 3.92. The summed E-state index contributed by atoms with van der Waals surface area (Å²) in [5, 5.41) is 13.5. The Labute approximate surface area is 143 Å². The van der Waals surface area contributed by atoms with Gasteiger partial charge in [-0.05, 0) is 37.3 Å². The Morgan fingerprint density at radius 2 is 1.84 bits per heavy atom. The fourth-order valence-corrected chi connectivity index (χ4v) is 2.23. The van der Waals surface area contributed by atoms with E-state index in [9.17, 15) is 19.7 Å². The van der Waals surface area contributed by atoms with Gasteiger partial charge in [-0.2, -0.15) is 0 Å². The summed E-state index contributed by atoms with van der Waals surface area (Å²) in [6.07, 6.45) is 0. The lowest BCUT2D eigenvalue weighted by atomic mass is 10.1. The summed E-state index contributed by atoms with van der Waals surface area (Å²) in [5.74, 6) is -0.702. The standard InChI is InChI=1S/C17H16N2O6/c1-10-8-11(4-7-15(10)19(22)23)16(20)18-14-6-5-12(24-2)9-13(14)17(21)25-3/h4-9H,1-3H3,(H,18,20). The van der Waals surface area contributed by atoms with Gasteiger partial charge in [0, 0.05) is 17.2 Å². The van der Waals surface area contributed by atoms with Crippen LogP contribution in [0.5, 0.6) is 5.75 Å². The van der Waals surface area contributed by atoms with E-state index in [0.717, 1.165) is 0 Å². The number of ether oxygens (including phenoxy) is 2. The van der Waals surface area contributed by atoms with E-state index in [-0.39, 0.29) is 22.5 Å². The van der Waals surface area contributed by atoms with Gasteiger partial charge in [0.1, 0.15) is 5.75 Å². The van der Waals surface area contributed by atoms with Crippen molar-refractivity contribution in [2.75, 3.05) is 19.5 Å². The molecule has 0 aromatic heterocycles. The largest absolute Gasteiger partial charge is 0.497 e. The van der Waals surface area contributed by atoms with Crippen molar-refractivity contribution in [1.29, 1.82) is 0 Å². The molecule has 0 bridgehead atoms. The minimum absolute atomic E-state index is 0.0729. The minimum Gasteiger partial charge on any atom is -0.497 e. The maximum Gasteiger partial charge on any atom is 0.340 e. The molecule has 0 unspecified atom stereocenters. The molecule has 0 fully saturated rings. The molecule has 1 amide bonds. The quantitative estimate of drug-likeness (QED) is 0.507. The number of esters is 1. The van der Waals surface area contributed by atoms with Crippen molar-refractivity contribution in [1.82, 2.24) is 0 Å². The highest BCUT2D eigenvalue weighted by Gasteiger charge is 2.18. The van der Waals surface area contributed by atoms with Gasteiger partial charge >= 0.3 is 5.97 Å². The number of rotatable bonds is 5. The van der Waals surface area contributed by atoms with Crippen LogP contribution in [0.25, 0.3) is 0 Å². The number of methoxy groups -OCH3 is 2. The number of nitrogens with one attached hydrogen (secondary N) is 1. The van der Waals surface area contributed by atoms with Crippen LogP contribution in [-0.4, -0.2) is 31.0 Å². The van der Waals surface area contributed by atoms with Crippen LogP contribution in [-0.2, 0) is 4.74 Å². The van der Waals surface area contributed by atoms with Crippen molar-refractivity contribution in [2.45, 2.75) is 6.92 Å². The fourth-order valence-electron chi connectivity index (χ4n) is 2.23. The Kier molecular flexibility index (Phi) is 5.33. The van der Waals surface area contributed by atoms with E-state index in [2.05, 4.69) is 5.32 Å². The number of carbonyl (C=O) groups excluding carboxylic acids is 2. The summed E-state index contributed by atoms with van der Waals surface area (Å²) < 4.78 is 9.77. The monoisotopic (exact) mass is 344 g/mol. The van der Waals surface area contributed by atoms with E-state index in [4.69, 9.17) is 9.47 Å². The van der Waals surface area contributed by atoms with Gasteiger partial charge in [-0.3, -0.25) is 14.9 Å². The molecule has 8 heteroatoms. The first-order chi connectivity index (χ1) is 11.9. The highest BCUT2D eigenvalue weighted by atomic mass is 16.6. The van der Waals surface area contributed by atoms with Gasteiger partial charge in [0.15, 0.2) is 0 Å². The molecule has 0 saturated heterocycles. The summed E-state index contributed by atoms with van der Waals surface area (Å²) in [4.78, 5) is 34.6. The van der Waals surface area contributed by atoms with Crippen LogP contribution in [0.1, 0.15) is 26.3 Å². The van der Waals surface area contributed by atoms with Crippen LogP contribution in [0.15, 0.2) is 36.4 Å². The third-order valence-corrected chi connectivity index (χ3v) is 3.54. The summed E-state index contributed by atoms with van der Waals surface area (Å²) in [5.41, 5.74) is 0.897. The zero-order valence-corrected chi connectivity index (χ0v) is 13.9. The number of nitrogens with zero attached hydrogens (tertiary/aromatic N) is 1. The van der Waals surface area contributed by atoms with Crippen molar-refractivity contribution in [3.05, 3.63) is 63.2 Å². The van der Waals surface area contributed by atoms with Crippen LogP contribution in [0.2, 0.25) is 0 Å². The van der Waals surface area contributed by atoms with E-state index in [1.54, 1.807) is 13.0 Å². The summed E-state index contributed by atoms with van der Waals surface area (Å²) in [7, 11) is 2.68. The van der Waals surface area contributed by atoms with Gasteiger partial charge in [-0.25, -0.2) is 4.79 Å². The number of nitro benzene ring substituents is 1. The average Bonchev–Trinajstić information content (AvgIpc) is 2.60. The van der Waals surface area contributed by atoms with E-state index in [1.165, 1.54) is 44.6 Å². The molecular weight excluding hydrogens is 328 g/mol. The lowest BCUT2D eigenvalue weighted by Crippen LogP contribution is -2.16. The maximum atomic E-state index is 12.4. The molecule has 0 spiro atoms. The van der Waals surface area contributed by atoms with Gasteiger partial charge in [0.2, 0.25) is 0 Å². The number of nitro groups is 1. The van der Waals surface area contributed by atoms with Crippen molar-refractivity contribution in [2.24, 2.45) is 0 Å². The van der Waals surface area contributed by atoms with Crippen LogP contribution in [0.4, 0.5) is 11.4 Å². The molecule has 0 aliphatic heterocycles. The predicted octanol–water partition coefficient (Wildman–Crippen LogP) is 2.95. The van der Waals surface area contributed by atoms with Crippen LogP contribution in [0.3, 0.4) is 0 Å². The number of anilines is 1. The molecule has 130 valence electrons. The molecule has 0 heterocycles. The number of benzene rings is 2. The lowest BCUT2D eigenvalue weighted by molar-refractivity contribution is -0.385. The van der Waals surface area contributed by atoms with Crippen LogP contribution >= 0.6 is 0 Å². The molecule has 0 aliphatic carbocycles. The van der Waals surface area contributed by atoms with Crippen molar-refractivity contribution in [3.8, 4) is 5.75 Å². The van der Waals surface area contributed by atoms with E-state index in [0.29, 0.717) is 11.3 Å². The Bertz CT molecular complexity index is 847. The Balaban J connectivity index is 2.33. The summed E-state index contributed by atoms with van der Waals surface area (Å²) >= 11 is 0. The Morgan fingerprint density at radius 1 is 1.12 bits per heavy atom. The first kappa shape index (κ1) is 17.9. The second-order valence-corrected chi connectivity index (χ2v) is 5.12. The number of aryl methyl sites for hydroxylation is 1. The predicted molar refractivity (Wildman–Crippen MR) is 90.1 cm³/mol. The van der Waals surface area contributed by atoms with Gasteiger partial charge in [0.05, 0.1) is 30.4 Å². The zero-order valence-electron chi connectivity index (χ0n) is 13.9. The average molecular weight is 344 g/mol. The van der Waals surface area contributed by atoms with Gasteiger partial charge < -0.3 is 14.8 Å². The summed E-state index contributed by atoms with van der Waals surface area (Å²) in [6, 6.07) is 8.57. The second-order valence-electron chi connectivity index (χ2n) is 5.12. The molecule has 0 saturated carbocycles. The normalized spacial score (nSPS) is 10.0. The second kappa shape index (κ2) is 7.43. The zero-order chi connectivity index (χ0) is 18.6. The van der Waals surface area contributed by atoms with E-state index >= 15 is 0 Å². The number of carbonyl (C=O) groups is 2. The molecule has 0 radical (unpaired) electrons. The molecule has 8 nitrogen and oxygen atoms in total. The van der Waals surface area contributed by atoms with Crippen molar-refractivity contribution in [3.63, 3.8) is 0 Å². The van der Waals surface area contributed by atoms with Gasteiger partial charge in [-0.15, -0.1) is 0 Å². The lowest BCUT2D eigenvalue weighted by Gasteiger charge is -2.11. The SMILES string of the molecule is COC(=O)c1cc(OC)ccc1NC(=O)c1ccc([N+](=O)[O-])c(C)c1. The molecule has 0 atom stereocenters. The topological polar surface area (TPSA) is 108 Å². The molecule has 2 aromatic rings. The highest BCUT2D eigenvalue weighted by molar-refractivity contribution is 6.08. The first-order valence-electron chi connectivity index (χ1n) is 7.20. The number of hydrogen-bond acceptors (Lipinski definition) is 6. The van der Waals surface area contributed by atoms with Crippen LogP contribution in [0, 0.1) is 17.0 Å².